The molecule has 0 radical (unpaired) electrons. The number of hydrogen-bond acceptors (Lipinski definition) is 5. The normalized spacial score (nSPS) is 15.5. The first-order valence-electron chi connectivity index (χ1n) is 11.1. The third-order valence-electron chi connectivity index (χ3n) is 6.20. The Bertz CT molecular complexity index is 1440. The molecule has 34 heavy (non-hydrogen) atoms. The van der Waals surface area contributed by atoms with Gasteiger partial charge in [-0.2, -0.15) is 0 Å². The predicted octanol–water partition coefficient (Wildman–Crippen LogP) is 3.89. The Morgan fingerprint density at radius 3 is 2.62 bits per heavy atom. The molecule has 1 atom stereocenters. The van der Waals surface area contributed by atoms with Crippen LogP contribution in [0.25, 0.3) is 22.0 Å². The summed E-state index contributed by atoms with van der Waals surface area (Å²) in [5.41, 5.74) is 3.55. The van der Waals surface area contributed by atoms with Crippen molar-refractivity contribution in [3.05, 3.63) is 71.0 Å². The van der Waals surface area contributed by atoms with Gasteiger partial charge in [-0.05, 0) is 35.7 Å². The Hall–Kier alpha value is -4.07. The van der Waals surface area contributed by atoms with Gasteiger partial charge < -0.3 is 23.9 Å². The summed E-state index contributed by atoms with van der Waals surface area (Å²) in [4.78, 5) is 35.1. The highest BCUT2D eigenvalue weighted by Gasteiger charge is 2.38. The standard InChI is InChI=1S/C26H26N4O4/c1-15(2)23-26(32)30(13-16-5-8-27-9-6-16)21-12-17(33-4)11-19(24(21)34-23)20-14-29(3)25(31)22-18(20)7-10-28-22/h5-12,14-15,23,28H,13H2,1-4H3. The molecule has 4 aromatic rings. The average Bonchev–Trinajstić information content (AvgIpc) is 3.33. The van der Waals surface area contributed by atoms with Crippen LogP contribution in [-0.4, -0.2) is 33.7 Å². The lowest BCUT2D eigenvalue weighted by Gasteiger charge is -2.37. The zero-order valence-corrected chi connectivity index (χ0v) is 19.5. The van der Waals surface area contributed by atoms with Crippen LogP contribution in [0.3, 0.4) is 0 Å². The lowest BCUT2D eigenvalue weighted by Crippen LogP contribution is -2.48. The molecule has 0 saturated carbocycles. The van der Waals surface area contributed by atoms with Crippen LogP contribution >= 0.6 is 0 Å². The lowest BCUT2D eigenvalue weighted by atomic mass is 9.97. The molecule has 174 valence electrons. The molecule has 0 aliphatic carbocycles. The van der Waals surface area contributed by atoms with Crippen molar-refractivity contribution >= 4 is 22.5 Å². The van der Waals surface area contributed by atoms with E-state index in [4.69, 9.17) is 9.47 Å². The second-order valence-corrected chi connectivity index (χ2v) is 8.81. The quantitative estimate of drug-likeness (QED) is 0.490. The molecule has 8 heteroatoms. The molecule has 1 N–H and O–H groups in total. The number of aromatic nitrogens is 3. The minimum absolute atomic E-state index is 0.0389. The Kier molecular flexibility index (Phi) is 5.36. The van der Waals surface area contributed by atoms with Gasteiger partial charge in [-0.15, -0.1) is 0 Å². The molecule has 5 rings (SSSR count). The number of anilines is 1. The SMILES string of the molecule is COc1cc(-c2cn(C)c(=O)c3[nH]ccc23)c2c(c1)N(Cc1ccncc1)C(=O)C(C(C)C)O2. The number of aryl methyl sites for hydroxylation is 1. The maximum absolute atomic E-state index is 13.5. The average molecular weight is 459 g/mol. The number of amides is 1. The first-order chi connectivity index (χ1) is 16.4. The van der Waals surface area contributed by atoms with Gasteiger partial charge in [0.25, 0.3) is 11.5 Å². The van der Waals surface area contributed by atoms with E-state index in [9.17, 15) is 9.59 Å². The fraction of sp³-hybridized carbons (Fsp3) is 0.269. The molecular weight excluding hydrogens is 432 g/mol. The van der Waals surface area contributed by atoms with E-state index in [1.165, 1.54) is 0 Å². The van der Waals surface area contributed by atoms with Crippen LogP contribution in [0.5, 0.6) is 11.5 Å². The number of carbonyl (C=O) groups excluding carboxylic acids is 1. The summed E-state index contributed by atoms with van der Waals surface area (Å²) in [5.74, 6) is 1.04. The first kappa shape index (κ1) is 21.8. The van der Waals surface area contributed by atoms with Gasteiger partial charge in [0.05, 0.1) is 19.3 Å². The number of ether oxygens (including phenoxy) is 2. The van der Waals surface area contributed by atoms with Crippen molar-refractivity contribution in [2.24, 2.45) is 13.0 Å². The Morgan fingerprint density at radius 1 is 1.15 bits per heavy atom. The fourth-order valence-corrected chi connectivity index (χ4v) is 4.42. The van der Waals surface area contributed by atoms with Crippen molar-refractivity contribution in [2.75, 3.05) is 12.0 Å². The molecule has 1 aromatic carbocycles. The zero-order chi connectivity index (χ0) is 24.0. The number of benzene rings is 1. The number of H-pyrrole nitrogens is 1. The van der Waals surface area contributed by atoms with E-state index in [1.807, 2.05) is 44.2 Å². The van der Waals surface area contributed by atoms with E-state index in [1.54, 1.807) is 48.4 Å². The summed E-state index contributed by atoms with van der Waals surface area (Å²) in [6.45, 7) is 4.32. The number of aromatic amines is 1. The number of hydrogen-bond donors (Lipinski definition) is 1. The Balaban J connectivity index is 1.77. The molecule has 1 aliphatic rings. The van der Waals surface area contributed by atoms with E-state index in [0.29, 0.717) is 29.2 Å². The summed E-state index contributed by atoms with van der Waals surface area (Å²) < 4.78 is 13.6. The van der Waals surface area contributed by atoms with Gasteiger partial charge in [-0.1, -0.05) is 13.8 Å². The molecule has 8 nitrogen and oxygen atoms in total. The highest BCUT2D eigenvalue weighted by atomic mass is 16.5. The molecule has 1 aliphatic heterocycles. The summed E-state index contributed by atoms with van der Waals surface area (Å²) >= 11 is 0. The minimum Gasteiger partial charge on any atom is -0.497 e. The second-order valence-electron chi connectivity index (χ2n) is 8.81. The Morgan fingerprint density at radius 2 is 1.91 bits per heavy atom. The second kappa shape index (κ2) is 8.37. The number of nitrogens with zero attached hydrogens (tertiary/aromatic N) is 3. The van der Waals surface area contributed by atoms with Crippen LogP contribution < -0.4 is 19.9 Å². The molecule has 1 unspecified atom stereocenters. The molecule has 1 amide bonds. The van der Waals surface area contributed by atoms with Crippen molar-refractivity contribution in [2.45, 2.75) is 26.5 Å². The van der Waals surface area contributed by atoms with Gasteiger partial charge in [0, 0.05) is 54.4 Å². The maximum atomic E-state index is 13.5. The van der Waals surface area contributed by atoms with Gasteiger partial charge in [-0.3, -0.25) is 14.6 Å². The number of carbonyl (C=O) groups is 1. The third kappa shape index (κ3) is 3.51. The van der Waals surface area contributed by atoms with Crippen LogP contribution in [0.4, 0.5) is 5.69 Å². The molecule has 4 heterocycles. The fourth-order valence-electron chi connectivity index (χ4n) is 4.42. The summed E-state index contributed by atoms with van der Waals surface area (Å²) in [6, 6.07) is 9.38. The van der Waals surface area contributed by atoms with E-state index in [2.05, 4.69) is 9.97 Å². The van der Waals surface area contributed by atoms with Crippen molar-refractivity contribution in [1.82, 2.24) is 14.5 Å². The van der Waals surface area contributed by atoms with Crippen LogP contribution in [0, 0.1) is 5.92 Å². The monoisotopic (exact) mass is 458 g/mol. The van der Waals surface area contributed by atoms with E-state index >= 15 is 0 Å². The minimum atomic E-state index is -0.643. The van der Waals surface area contributed by atoms with E-state index in [-0.39, 0.29) is 17.4 Å². The maximum Gasteiger partial charge on any atom is 0.274 e. The van der Waals surface area contributed by atoms with Crippen molar-refractivity contribution in [1.29, 1.82) is 0 Å². The number of rotatable bonds is 5. The Labute approximate surface area is 196 Å². The largest absolute Gasteiger partial charge is 0.497 e. The zero-order valence-electron chi connectivity index (χ0n) is 19.5. The van der Waals surface area contributed by atoms with Crippen LogP contribution in [0.1, 0.15) is 19.4 Å². The number of pyridine rings is 2. The summed E-state index contributed by atoms with van der Waals surface area (Å²) in [5, 5.41) is 0.779. The highest BCUT2D eigenvalue weighted by molar-refractivity contribution is 6.04. The highest BCUT2D eigenvalue weighted by Crippen LogP contribution is 2.47. The third-order valence-corrected chi connectivity index (χ3v) is 6.20. The van der Waals surface area contributed by atoms with Gasteiger partial charge >= 0.3 is 0 Å². The number of fused-ring (bicyclic) bond motifs is 2. The van der Waals surface area contributed by atoms with Gasteiger partial charge in [0.15, 0.2) is 11.9 Å². The molecule has 3 aromatic heterocycles. The van der Waals surface area contributed by atoms with Crippen molar-refractivity contribution in [3.63, 3.8) is 0 Å². The van der Waals surface area contributed by atoms with E-state index < -0.39 is 6.10 Å². The molecule has 0 spiro atoms. The molecule has 0 bridgehead atoms. The molecule has 0 saturated heterocycles. The van der Waals surface area contributed by atoms with Gasteiger partial charge in [0.1, 0.15) is 11.3 Å². The van der Waals surface area contributed by atoms with Crippen LogP contribution in [-0.2, 0) is 18.4 Å². The molecule has 0 fully saturated rings. The lowest BCUT2D eigenvalue weighted by molar-refractivity contribution is -0.128. The van der Waals surface area contributed by atoms with Gasteiger partial charge in [-0.25, -0.2) is 0 Å². The summed E-state index contributed by atoms with van der Waals surface area (Å²) in [7, 11) is 3.31. The molecular formula is C26H26N4O4. The van der Waals surface area contributed by atoms with E-state index in [0.717, 1.165) is 22.1 Å². The summed E-state index contributed by atoms with van der Waals surface area (Å²) in [6.07, 6.45) is 6.33. The number of methoxy groups -OCH3 is 1. The van der Waals surface area contributed by atoms with Gasteiger partial charge in [0.2, 0.25) is 0 Å². The predicted molar refractivity (Wildman–Crippen MR) is 130 cm³/mol. The number of nitrogens with one attached hydrogen (secondary N) is 1. The first-order valence-corrected chi connectivity index (χ1v) is 11.1. The topological polar surface area (TPSA) is 89.5 Å². The smallest absolute Gasteiger partial charge is 0.274 e. The van der Waals surface area contributed by atoms with Crippen molar-refractivity contribution in [3.8, 4) is 22.6 Å². The van der Waals surface area contributed by atoms with Crippen molar-refractivity contribution < 1.29 is 14.3 Å². The van der Waals surface area contributed by atoms with Crippen LogP contribution in [0.15, 0.2) is 59.9 Å². The van der Waals surface area contributed by atoms with Crippen LogP contribution in [0.2, 0.25) is 0 Å².